The first-order valence-corrected chi connectivity index (χ1v) is 6.13. The van der Waals surface area contributed by atoms with Gasteiger partial charge in [-0.05, 0) is 19.3 Å². The molecule has 2 aromatic heterocycles. The number of aromatic nitrogens is 4. The first-order chi connectivity index (χ1) is 9.16. The minimum Gasteiger partial charge on any atom is -0.477 e. The lowest BCUT2D eigenvalue weighted by Gasteiger charge is -2.25. The highest BCUT2D eigenvalue weighted by Gasteiger charge is 2.18. The molecule has 3 rings (SSSR count). The summed E-state index contributed by atoms with van der Waals surface area (Å²) < 4.78 is 1.08. The van der Waals surface area contributed by atoms with Gasteiger partial charge in [-0.3, -0.25) is 9.89 Å². The van der Waals surface area contributed by atoms with Crippen molar-refractivity contribution in [2.45, 2.75) is 19.3 Å². The number of H-pyrrole nitrogens is 1. The van der Waals surface area contributed by atoms with Crippen molar-refractivity contribution in [1.82, 2.24) is 19.6 Å². The number of piperidine rings is 1. The molecule has 19 heavy (non-hydrogen) atoms. The molecule has 0 radical (unpaired) electrons. The number of aromatic carboxylic acids is 1. The summed E-state index contributed by atoms with van der Waals surface area (Å²) >= 11 is 0. The van der Waals surface area contributed by atoms with Crippen LogP contribution in [0.2, 0.25) is 0 Å². The number of carboxylic acid groups (broad SMARTS) is 1. The van der Waals surface area contributed by atoms with Crippen molar-refractivity contribution in [3.63, 3.8) is 0 Å². The summed E-state index contributed by atoms with van der Waals surface area (Å²) in [6.07, 6.45) is 4.40. The van der Waals surface area contributed by atoms with E-state index in [9.17, 15) is 9.59 Å². The lowest BCUT2D eigenvalue weighted by molar-refractivity contribution is 0.0694. The summed E-state index contributed by atoms with van der Waals surface area (Å²) in [7, 11) is 0. The molecule has 3 heterocycles. The van der Waals surface area contributed by atoms with E-state index in [-0.39, 0.29) is 11.3 Å². The van der Waals surface area contributed by atoms with Crippen LogP contribution in [0, 0.1) is 0 Å². The molecule has 1 fully saturated rings. The third-order valence-corrected chi connectivity index (χ3v) is 3.25. The Labute approximate surface area is 107 Å². The van der Waals surface area contributed by atoms with Crippen LogP contribution in [0.1, 0.15) is 29.6 Å². The number of anilines is 1. The fourth-order valence-corrected chi connectivity index (χ4v) is 2.24. The van der Waals surface area contributed by atoms with Gasteiger partial charge < -0.3 is 10.0 Å². The molecule has 0 unspecified atom stereocenters. The summed E-state index contributed by atoms with van der Waals surface area (Å²) in [4.78, 5) is 33.0. The van der Waals surface area contributed by atoms with Gasteiger partial charge in [-0.2, -0.15) is 9.50 Å². The van der Waals surface area contributed by atoms with Gasteiger partial charge in [0.2, 0.25) is 5.95 Å². The Morgan fingerprint density at radius 2 is 2.05 bits per heavy atom. The average Bonchev–Trinajstić information content (AvgIpc) is 2.85. The summed E-state index contributed by atoms with van der Waals surface area (Å²) in [5, 5.41) is 11.7. The quantitative estimate of drug-likeness (QED) is 0.796. The Kier molecular flexibility index (Phi) is 2.69. The Bertz CT molecular complexity index is 683. The van der Waals surface area contributed by atoms with Gasteiger partial charge in [0.05, 0.1) is 6.20 Å². The van der Waals surface area contributed by atoms with E-state index in [1.807, 2.05) is 4.90 Å². The van der Waals surface area contributed by atoms with Gasteiger partial charge in [0.25, 0.3) is 11.3 Å². The second-order valence-electron chi connectivity index (χ2n) is 4.51. The van der Waals surface area contributed by atoms with E-state index in [4.69, 9.17) is 5.11 Å². The van der Waals surface area contributed by atoms with Gasteiger partial charge in [-0.25, -0.2) is 9.78 Å². The molecule has 8 heteroatoms. The second kappa shape index (κ2) is 4.38. The van der Waals surface area contributed by atoms with Crippen LogP contribution in [0.4, 0.5) is 5.95 Å². The molecule has 0 saturated carbocycles. The molecular weight excluding hydrogens is 250 g/mol. The van der Waals surface area contributed by atoms with E-state index >= 15 is 0 Å². The van der Waals surface area contributed by atoms with E-state index < -0.39 is 11.5 Å². The number of rotatable bonds is 2. The molecule has 0 amide bonds. The fraction of sp³-hybridized carbons (Fsp3) is 0.455. The third kappa shape index (κ3) is 1.94. The van der Waals surface area contributed by atoms with Crippen LogP contribution in [-0.2, 0) is 0 Å². The topological polar surface area (TPSA) is 104 Å². The van der Waals surface area contributed by atoms with Gasteiger partial charge in [0, 0.05) is 13.1 Å². The fourth-order valence-electron chi connectivity index (χ4n) is 2.24. The van der Waals surface area contributed by atoms with Crippen LogP contribution < -0.4 is 10.5 Å². The molecule has 1 aliphatic heterocycles. The van der Waals surface area contributed by atoms with E-state index in [1.54, 1.807) is 0 Å². The molecule has 0 spiro atoms. The number of nitrogens with one attached hydrogen (secondary N) is 1. The molecule has 1 saturated heterocycles. The Morgan fingerprint density at radius 1 is 1.32 bits per heavy atom. The van der Waals surface area contributed by atoms with Crippen LogP contribution in [0.5, 0.6) is 0 Å². The molecular formula is C11H13N5O3. The maximum Gasteiger partial charge on any atom is 0.343 e. The van der Waals surface area contributed by atoms with Gasteiger partial charge in [-0.15, -0.1) is 0 Å². The lowest BCUT2D eigenvalue weighted by atomic mass is 10.1. The zero-order valence-electron chi connectivity index (χ0n) is 10.2. The van der Waals surface area contributed by atoms with Crippen LogP contribution in [0.25, 0.3) is 5.78 Å². The first-order valence-electron chi connectivity index (χ1n) is 6.13. The monoisotopic (exact) mass is 263 g/mol. The largest absolute Gasteiger partial charge is 0.477 e. The Morgan fingerprint density at radius 3 is 2.74 bits per heavy atom. The number of carbonyl (C=O) groups is 1. The van der Waals surface area contributed by atoms with Gasteiger partial charge in [0.15, 0.2) is 0 Å². The number of aromatic amines is 1. The highest BCUT2D eigenvalue weighted by molar-refractivity contribution is 5.86. The molecule has 0 aliphatic carbocycles. The number of carboxylic acids is 1. The normalized spacial score (nSPS) is 15.9. The highest BCUT2D eigenvalue weighted by atomic mass is 16.4. The zero-order chi connectivity index (χ0) is 13.4. The van der Waals surface area contributed by atoms with Gasteiger partial charge in [0.1, 0.15) is 5.56 Å². The number of hydrogen-bond donors (Lipinski definition) is 2. The minimum atomic E-state index is -1.29. The number of hydrogen-bond acceptors (Lipinski definition) is 5. The van der Waals surface area contributed by atoms with E-state index in [2.05, 4.69) is 15.1 Å². The Balaban J connectivity index is 2.08. The third-order valence-electron chi connectivity index (χ3n) is 3.25. The van der Waals surface area contributed by atoms with Crippen molar-refractivity contribution in [2.75, 3.05) is 18.0 Å². The van der Waals surface area contributed by atoms with Crippen molar-refractivity contribution in [3.05, 3.63) is 22.1 Å². The van der Waals surface area contributed by atoms with Crippen molar-refractivity contribution < 1.29 is 9.90 Å². The molecule has 1 aliphatic rings. The van der Waals surface area contributed by atoms with Crippen molar-refractivity contribution in [3.8, 4) is 0 Å². The molecule has 0 bridgehead atoms. The van der Waals surface area contributed by atoms with Gasteiger partial charge >= 0.3 is 5.97 Å². The van der Waals surface area contributed by atoms with Crippen molar-refractivity contribution >= 4 is 17.7 Å². The predicted octanol–water partition coefficient (Wildman–Crippen LogP) is 0.106. The summed E-state index contributed by atoms with van der Waals surface area (Å²) in [5.74, 6) is -0.538. The predicted molar refractivity (Wildman–Crippen MR) is 66.6 cm³/mol. The molecule has 2 aromatic rings. The summed E-state index contributed by atoms with van der Waals surface area (Å²) in [5.41, 5.74) is -1.01. The van der Waals surface area contributed by atoms with Crippen LogP contribution in [0.15, 0.2) is 11.0 Å². The maximum absolute atomic E-state index is 11.9. The second-order valence-corrected chi connectivity index (χ2v) is 4.51. The highest BCUT2D eigenvalue weighted by Crippen LogP contribution is 2.15. The summed E-state index contributed by atoms with van der Waals surface area (Å²) in [6, 6.07) is 0. The van der Waals surface area contributed by atoms with Crippen LogP contribution >= 0.6 is 0 Å². The smallest absolute Gasteiger partial charge is 0.343 e. The summed E-state index contributed by atoms with van der Waals surface area (Å²) in [6.45, 7) is 1.75. The Hall–Kier alpha value is -2.38. The molecule has 8 nitrogen and oxygen atoms in total. The van der Waals surface area contributed by atoms with E-state index in [0.717, 1.165) is 36.6 Å². The molecule has 0 aromatic carbocycles. The maximum atomic E-state index is 11.9. The molecule has 2 N–H and O–H groups in total. The van der Waals surface area contributed by atoms with Crippen molar-refractivity contribution in [1.29, 1.82) is 0 Å². The van der Waals surface area contributed by atoms with E-state index in [0.29, 0.717) is 5.95 Å². The molecule has 0 atom stereocenters. The minimum absolute atomic E-state index is 0.190. The zero-order valence-corrected chi connectivity index (χ0v) is 10.2. The molecule has 100 valence electrons. The SMILES string of the molecule is O=C(O)c1cnc2nc(N3CCCCC3)[nH]n2c1=O. The van der Waals surface area contributed by atoms with Gasteiger partial charge in [-0.1, -0.05) is 0 Å². The van der Waals surface area contributed by atoms with Crippen molar-refractivity contribution in [2.24, 2.45) is 0 Å². The number of fused-ring (bicyclic) bond motifs is 1. The van der Waals surface area contributed by atoms with Crippen LogP contribution in [0.3, 0.4) is 0 Å². The lowest BCUT2D eigenvalue weighted by Crippen LogP contribution is -2.30. The first kappa shape index (κ1) is 11.7. The standard InChI is InChI=1S/C11H13N5O3/c17-8-7(9(18)19)6-12-10-13-11(14-16(8)10)15-4-2-1-3-5-15/h6H,1-5H2,(H,18,19)(H,12,13,14). The van der Waals surface area contributed by atoms with Crippen LogP contribution in [-0.4, -0.2) is 43.7 Å². The average molecular weight is 263 g/mol. The number of nitrogens with zero attached hydrogens (tertiary/aromatic N) is 4. The van der Waals surface area contributed by atoms with E-state index in [1.165, 1.54) is 6.42 Å².